The number of carbonyl (C=O) groups is 3. The zero-order chi connectivity index (χ0) is 18.0. The van der Waals surface area contributed by atoms with Crippen molar-refractivity contribution in [1.29, 1.82) is 0 Å². The highest BCUT2D eigenvalue weighted by atomic mass is 35.5. The molecule has 0 aliphatic carbocycles. The quantitative estimate of drug-likeness (QED) is 0.450. The van der Waals surface area contributed by atoms with Crippen molar-refractivity contribution >= 4 is 28.8 Å². The minimum Gasteiger partial charge on any atom is -0.459 e. The van der Waals surface area contributed by atoms with Gasteiger partial charge < -0.3 is 19.1 Å². The molecule has 1 N–H and O–H groups in total. The molecule has 0 aliphatic rings. The van der Waals surface area contributed by atoms with E-state index in [0.717, 1.165) is 0 Å². The fourth-order valence-electron chi connectivity index (χ4n) is 1.03. The summed E-state index contributed by atoms with van der Waals surface area (Å²) in [7, 11) is 0. The Labute approximate surface area is 137 Å². The summed E-state index contributed by atoms with van der Waals surface area (Å²) in [6.07, 6.45) is 0. The summed E-state index contributed by atoms with van der Waals surface area (Å²) in [5.41, 5.74) is -0.631. The third-order valence-corrected chi connectivity index (χ3v) is 2.47. The minimum atomic E-state index is -1.08. The van der Waals surface area contributed by atoms with Gasteiger partial charge in [0.2, 0.25) is 0 Å². The third kappa shape index (κ3) is 7.20. The van der Waals surface area contributed by atoms with E-state index >= 15 is 0 Å². The van der Waals surface area contributed by atoms with Gasteiger partial charge in [-0.05, 0) is 25.4 Å². The first-order chi connectivity index (χ1) is 10.7. The second-order valence-electron chi connectivity index (χ2n) is 4.68. The number of aromatic nitrogens is 2. The highest BCUT2D eigenvalue weighted by Gasteiger charge is 2.28. The molecular formula is C13H19ClN2O7. The first-order valence-corrected chi connectivity index (χ1v) is 7.06. The fraction of sp³-hybridized carbons (Fsp3) is 0.615. The van der Waals surface area contributed by atoms with E-state index in [0.29, 0.717) is 0 Å². The maximum atomic E-state index is 11.2. The second kappa shape index (κ2) is 9.90. The third-order valence-electron chi connectivity index (χ3n) is 2.31. The zero-order valence-corrected chi connectivity index (χ0v) is 14.0. The molecule has 9 nitrogen and oxygen atoms in total. The van der Waals surface area contributed by atoms with Crippen LogP contribution in [0.2, 0.25) is 0 Å². The molecular weight excluding hydrogens is 332 g/mol. The summed E-state index contributed by atoms with van der Waals surface area (Å²) in [5.74, 6) is -1.54. The smallest absolute Gasteiger partial charge is 0.397 e. The minimum absolute atomic E-state index is 0.130. The molecule has 0 saturated heterocycles. The van der Waals surface area contributed by atoms with E-state index in [1.165, 1.54) is 0 Å². The van der Waals surface area contributed by atoms with Crippen molar-refractivity contribution in [3.8, 4) is 0 Å². The maximum Gasteiger partial charge on any atom is 0.397 e. The van der Waals surface area contributed by atoms with Gasteiger partial charge in [0, 0.05) is 0 Å². The van der Waals surface area contributed by atoms with Crippen LogP contribution in [0.15, 0.2) is 4.52 Å². The lowest BCUT2D eigenvalue weighted by molar-refractivity contribution is -0.149. The molecule has 0 unspecified atom stereocenters. The Bertz CT molecular complexity index is 542. The van der Waals surface area contributed by atoms with Crippen molar-refractivity contribution in [3.05, 3.63) is 11.7 Å². The SMILES string of the molecule is CCOC(=O)C(=O)Cl.CCOC(=O)c1nc(C(C)(C)CO)no1. The largest absolute Gasteiger partial charge is 0.459 e. The van der Waals surface area contributed by atoms with Gasteiger partial charge in [0.05, 0.1) is 25.2 Å². The molecule has 1 rings (SSSR count). The molecule has 0 aromatic carbocycles. The number of ether oxygens (including phenoxy) is 2. The lowest BCUT2D eigenvalue weighted by Gasteiger charge is -2.15. The van der Waals surface area contributed by atoms with E-state index < -0.39 is 22.6 Å². The normalized spacial score (nSPS) is 10.3. The molecule has 1 heterocycles. The monoisotopic (exact) mass is 350 g/mol. The molecule has 1 aromatic heterocycles. The molecule has 10 heteroatoms. The topological polar surface area (TPSA) is 129 Å². The number of aliphatic hydroxyl groups excluding tert-OH is 1. The Kier molecular flexibility index (Phi) is 9.04. The molecule has 0 saturated carbocycles. The molecule has 0 amide bonds. The highest BCUT2D eigenvalue weighted by Crippen LogP contribution is 2.18. The van der Waals surface area contributed by atoms with E-state index in [-0.39, 0.29) is 31.5 Å². The van der Waals surface area contributed by atoms with Crippen molar-refractivity contribution < 1.29 is 33.5 Å². The lowest BCUT2D eigenvalue weighted by Crippen LogP contribution is -2.23. The van der Waals surface area contributed by atoms with Crippen LogP contribution in [0.4, 0.5) is 0 Å². The molecule has 1 aromatic rings. The van der Waals surface area contributed by atoms with Gasteiger partial charge in [0.1, 0.15) is 0 Å². The summed E-state index contributed by atoms with van der Waals surface area (Å²) in [4.78, 5) is 34.9. The van der Waals surface area contributed by atoms with E-state index in [2.05, 4.69) is 19.6 Å². The van der Waals surface area contributed by atoms with Gasteiger partial charge in [-0.25, -0.2) is 9.59 Å². The van der Waals surface area contributed by atoms with Crippen LogP contribution < -0.4 is 0 Å². The molecule has 23 heavy (non-hydrogen) atoms. The lowest BCUT2D eigenvalue weighted by atomic mass is 9.94. The van der Waals surface area contributed by atoms with E-state index in [1.807, 2.05) is 0 Å². The van der Waals surface area contributed by atoms with Crippen LogP contribution >= 0.6 is 11.6 Å². The molecule has 130 valence electrons. The van der Waals surface area contributed by atoms with Gasteiger partial charge in [0.25, 0.3) is 0 Å². The van der Waals surface area contributed by atoms with Crippen LogP contribution in [-0.2, 0) is 24.5 Å². The van der Waals surface area contributed by atoms with E-state index in [4.69, 9.17) is 21.2 Å². The molecule has 0 atom stereocenters. The number of aliphatic hydroxyl groups is 1. The van der Waals surface area contributed by atoms with Gasteiger partial charge in [-0.2, -0.15) is 4.98 Å². The number of nitrogens with zero attached hydrogens (tertiary/aromatic N) is 2. The Morgan fingerprint density at radius 1 is 1.22 bits per heavy atom. The molecule has 0 fully saturated rings. The molecule has 0 aliphatic heterocycles. The van der Waals surface area contributed by atoms with Crippen LogP contribution in [0.5, 0.6) is 0 Å². The summed E-state index contributed by atoms with van der Waals surface area (Å²) >= 11 is 4.69. The van der Waals surface area contributed by atoms with Gasteiger partial charge >= 0.3 is 23.1 Å². The number of rotatable bonds is 6. The van der Waals surface area contributed by atoms with Gasteiger partial charge in [-0.1, -0.05) is 19.0 Å². The number of halogens is 1. The van der Waals surface area contributed by atoms with Crippen LogP contribution in [0.1, 0.15) is 44.2 Å². The van der Waals surface area contributed by atoms with Crippen molar-refractivity contribution in [3.63, 3.8) is 0 Å². The second-order valence-corrected chi connectivity index (χ2v) is 5.02. The predicted octanol–water partition coefficient (Wildman–Crippen LogP) is 0.831. The molecule has 0 bridgehead atoms. The van der Waals surface area contributed by atoms with Crippen molar-refractivity contribution in [2.45, 2.75) is 33.1 Å². The standard InChI is InChI=1S/C9H14N2O4.C4H5ClO3/c1-4-14-7(13)6-10-8(11-15-6)9(2,3)5-12;1-2-8-4(7)3(5)6/h12H,4-5H2,1-3H3;2H2,1H3. The van der Waals surface area contributed by atoms with Crippen molar-refractivity contribution in [1.82, 2.24) is 10.1 Å². The summed E-state index contributed by atoms with van der Waals surface area (Å²) in [5, 5.41) is 11.6. The summed E-state index contributed by atoms with van der Waals surface area (Å²) in [6.45, 7) is 7.07. The van der Waals surface area contributed by atoms with Crippen LogP contribution in [0, 0.1) is 0 Å². The number of esters is 2. The number of hydrogen-bond donors (Lipinski definition) is 1. The van der Waals surface area contributed by atoms with Crippen molar-refractivity contribution in [2.75, 3.05) is 19.8 Å². The van der Waals surface area contributed by atoms with Crippen LogP contribution in [0.3, 0.4) is 0 Å². The zero-order valence-electron chi connectivity index (χ0n) is 13.3. The number of carbonyl (C=O) groups excluding carboxylic acids is 3. The average Bonchev–Trinajstić information content (AvgIpc) is 2.99. The average molecular weight is 351 g/mol. The number of hydrogen-bond acceptors (Lipinski definition) is 9. The van der Waals surface area contributed by atoms with Crippen LogP contribution in [-0.4, -0.2) is 52.2 Å². The predicted molar refractivity (Wildman–Crippen MR) is 77.9 cm³/mol. The Morgan fingerprint density at radius 2 is 1.78 bits per heavy atom. The maximum absolute atomic E-state index is 11.2. The Hall–Kier alpha value is -2.00. The first kappa shape index (κ1) is 21.0. The Balaban J connectivity index is 0.000000515. The highest BCUT2D eigenvalue weighted by molar-refractivity contribution is 6.80. The molecule has 0 radical (unpaired) electrons. The summed E-state index contributed by atoms with van der Waals surface area (Å²) in [6, 6.07) is 0. The first-order valence-electron chi connectivity index (χ1n) is 6.68. The van der Waals surface area contributed by atoms with Gasteiger partial charge in [-0.3, -0.25) is 4.79 Å². The molecule has 0 spiro atoms. The Morgan fingerprint density at radius 3 is 2.17 bits per heavy atom. The van der Waals surface area contributed by atoms with Gasteiger partial charge in [0.15, 0.2) is 5.82 Å². The van der Waals surface area contributed by atoms with Crippen molar-refractivity contribution in [2.24, 2.45) is 0 Å². The summed E-state index contributed by atoms with van der Waals surface area (Å²) < 4.78 is 13.6. The van der Waals surface area contributed by atoms with E-state index in [9.17, 15) is 14.4 Å². The van der Waals surface area contributed by atoms with E-state index in [1.54, 1.807) is 27.7 Å². The van der Waals surface area contributed by atoms with Gasteiger partial charge in [-0.15, -0.1) is 0 Å². The fourth-order valence-corrected chi connectivity index (χ4v) is 1.09. The van der Waals surface area contributed by atoms with Crippen LogP contribution in [0.25, 0.3) is 0 Å².